The standard InChI is InChI=1S/C15H21N3S/c1-13(15-6-4-10-19-15)17-8-9-18(2)12-14-5-3-7-16-11-14/h3-7,10-11,13,17H,8-9,12H2,1-2H3. The third-order valence-electron chi connectivity index (χ3n) is 3.09. The van der Waals surface area contributed by atoms with E-state index in [9.17, 15) is 0 Å². The Labute approximate surface area is 119 Å². The normalized spacial score (nSPS) is 12.8. The molecule has 0 amide bonds. The topological polar surface area (TPSA) is 28.2 Å². The van der Waals surface area contributed by atoms with Gasteiger partial charge >= 0.3 is 0 Å². The second-order valence-electron chi connectivity index (χ2n) is 4.79. The minimum absolute atomic E-state index is 0.437. The van der Waals surface area contributed by atoms with Gasteiger partial charge in [-0.25, -0.2) is 0 Å². The predicted molar refractivity (Wildman–Crippen MR) is 81.3 cm³/mol. The minimum atomic E-state index is 0.437. The number of pyridine rings is 1. The van der Waals surface area contributed by atoms with Crippen LogP contribution >= 0.6 is 11.3 Å². The summed E-state index contributed by atoms with van der Waals surface area (Å²) >= 11 is 1.81. The summed E-state index contributed by atoms with van der Waals surface area (Å²) < 4.78 is 0. The summed E-state index contributed by atoms with van der Waals surface area (Å²) in [4.78, 5) is 7.85. The molecule has 4 heteroatoms. The molecule has 1 unspecified atom stereocenters. The van der Waals surface area contributed by atoms with Crippen LogP contribution in [0, 0.1) is 0 Å². The number of hydrogen-bond donors (Lipinski definition) is 1. The van der Waals surface area contributed by atoms with Gasteiger partial charge in [0.2, 0.25) is 0 Å². The molecule has 0 bridgehead atoms. The van der Waals surface area contributed by atoms with Crippen LogP contribution in [0.25, 0.3) is 0 Å². The number of thiophene rings is 1. The molecule has 0 aliphatic rings. The van der Waals surface area contributed by atoms with Crippen LogP contribution in [-0.4, -0.2) is 30.0 Å². The highest BCUT2D eigenvalue weighted by molar-refractivity contribution is 7.10. The van der Waals surface area contributed by atoms with E-state index in [-0.39, 0.29) is 0 Å². The predicted octanol–water partition coefficient (Wildman–Crippen LogP) is 2.93. The van der Waals surface area contributed by atoms with Crippen molar-refractivity contribution < 1.29 is 0 Å². The molecule has 19 heavy (non-hydrogen) atoms. The molecule has 2 aromatic rings. The van der Waals surface area contributed by atoms with Crippen molar-refractivity contribution in [3.8, 4) is 0 Å². The monoisotopic (exact) mass is 275 g/mol. The van der Waals surface area contributed by atoms with E-state index in [1.165, 1.54) is 10.4 Å². The van der Waals surface area contributed by atoms with Gasteiger partial charge in [-0.1, -0.05) is 12.1 Å². The van der Waals surface area contributed by atoms with E-state index in [0.717, 1.165) is 19.6 Å². The Morgan fingerprint density at radius 2 is 2.26 bits per heavy atom. The van der Waals surface area contributed by atoms with Gasteiger partial charge in [-0.3, -0.25) is 4.98 Å². The van der Waals surface area contributed by atoms with Crippen LogP contribution < -0.4 is 5.32 Å². The van der Waals surface area contributed by atoms with E-state index in [4.69, 9.17) is 0 Å². The Kier molecular flexibility index (Phi) is 5.51. The summed E-state index contributed by atoms with van der Waals surface area (Å²) in [5.74, 6) is 0. The van der Waals surface area contributed by atoms with Crippen LogP contribution in [0.4, 0.5) is 0 Å². The molecule has 2 aromatic heterocycles. The molecule has 0 aliphatic carbocycles. The Hall–Kier alpha value is -1.23. The first kappa shape index (κ1) is 14.2. The second kappa shape index (κ2) is 7.38. The molecule has 0 spiro atoms. The summed E-state index contributed by atoms with van der Waals surface area (Å²) in [6, 6.07) is 8.83. The first-order chi connectivity index (χ1) is 9.25. The molecule has 102 valence electrons. The van der Waals surface area contributed by atoms with E-state index < -0.39 is 0 Å². The highest BCUT2D eigenvalue weighted by atomic mass is 32.1. The van der Waals surface area contributed by atoms with Gasteiger partial charge < -0.3 is 10.2 Å². The molecule has 0 aromatic carbocycles. The number of aromatic nitrogens is 1. The largest absolute Gasteiger partial charge is 0.308 e. The number of nitrogens with one attached hydrogen (secondary N) is 1. The average Bonchev–Trinajstić information content (AvgIpc) is 2.93. The maximum atomic E-state index is 4.14. The molecule has 1 N–H and O–H groups in total. The van der Waals surface area contributed by atoms with Crippen molar-refractivity contribution in [3.05, 3.63) is 52.5 Å². The Bertz CT molecular complexity index is 456. The zero-order chi connectivity index (χ0) is 13.5. The van der Waals surface area contributed by atoms with Crippen LogP contribution in [0.3, 0.4) is 0 Å². The minimum Gasteiger partial charge on any atom is -0.308 e. The Morgan fingerprint density at radius 3 is 2.95 bits per heavy atom. The maximum absolute atomic E-state index is 4.14. The van der Waals surface area contributed by atoms with Gasteiger partial charge in [0.1, 0.15) is 0 Å². The van der Waals surface area contributed by atoms with Crippen molar-refractivity contribution in [2.75, 3.05) is 20.1 Å². The fourth-order valence-electron chi connectivity index (χ4n) is 1.99. The van der Waals surface area contributed by atoms with Crippen molar-refractivity contribution in [2.45, 2.75) is 19.5 Å². The maximum Gasteiger partial charge on any atom is 0.0386 e. The lowest BCUT2D eigenvalue weighted by Gasteiger charge is -2.18. The summed E-state index contributed by atoms with van der Waals surface area (Å²) in [5.41, 5.74) is 1.26. The van der Waals surface area contributed by atoms with Crippen molar-refractivity contribution >= 4 is 11.3 Å². The molecule has 0 saturated carbocycles. The highest BCUT2D eigenvalue weighted by Crippen LogP contribution is 2.17. The Morgan fingerprint density at radius 1 is 1.37 bits per heavy atom. The molecular formula is C15H21N3S. The fraction of sp³-hybridized carbons (Fsp3) is 0.400. The zero-order valence-electron chi connectivity index (χ0n) is 11.5. The third-order valence-corrected chi connectivity index (χ3v) is 4.14. The molecular weight excluding hydrogens is 254 g/mol. The summed E-state index contributed by atoms with van der Waals surface area (Å²) in [5, 5.41) is 5.68. The first-order valence-corrected chi connectivity index (χ1v) is 7.48. The lowest BCUT2D eigenvalue weighted by Crippen LogP contribution is -2.30. The van der Waals surface area contributed by atoms with Gasteiger partial charge in [0.05, 0.1) is 0 Å². The van der Waals surface area contributed by atoms with Gasteiger partial charge in [0.15, 0.2) is 0 Å². The van der Waals surface area contributed by atoms with E-state index in [0.29, 0.717) is 6.04 Å². The molecule has 2 rings (SSSR count). The van der Waals surface area contributed by atoms with E-state index in [1.54, 1.807) is 0 Å². The van der Waals surface area contributed by atoms with Crippen molar-refractivity contribution in [1.29, 1.82) is 0 Å². The van der Waals surface area contributed by atoms with Crippen LogP contribution in [0.15, 0.2) is 42.0 Å². The molecule has 3 nitrogen and oxygen atoms in total. The summed E-state index contributed by atoms with van der Waals surface area (Å²) in [6.45, 7) is 5.19. The number of rotatable bonds is 7. The van der Waals surface area contributed by atoms with Gasteiger partial charge in [0.25, 0.3) is 0 Å². The zero-order valence-corrected chi connectivity index (χ0v) is 12.4. The van der Waals surface area contributed by atoms with Gasteiger partial charge in [-0.15, -0.1) is 11.3 Å². The van der Waals surface area contributed by atoms with Gasteiger partial charge in [-0.2, -0.15) is 0 Å². The van der Waals surface area contributed by atoms with Crippen LogP contribution in [0.2, 0.25) is 0 Å². The smallest absolute Gasteiger partial charge is 0.0386 e. The van der Waals surface area contributed by atoms with E-state index in [2.05, 4.69) is 52.8 Å². The SMILES string of the molecule is CC(NCCN(C)Cc1cccnc1)c1cccs1. The number of nitrogens with zero attached hydrogens (tertiary/aromatic N) is 2. The average molecular weight is 275 g/mol. The first-order valence-electron chi connectivity index (χ1n) is 6.60. The van der Waals surface area contributed by atoms with Crippen molar-refractivity contribution in [3.63, 3.8) is 0 Å². The van der Waals surface area contributed by atoms with Crippen LogP contribution in [0.1, 0.15) is 23.4 Å². The highest BCUT2D eigenvalue weighted by Gasteiger charge is 2.06. The molecule has 1 atom stereocenters. The fourth-order valence-corrected chi connectivity index (χ4v) is 2.75. The molecule has 0 aliphatic heterocycles. The quantitative estimate of drug-likeness (QED) is 0.842. The van der Waals surface area contributed by atoms with E-state index >= 15 is 0 Å². The lowest BCUT2D eigenvalue weighted by atomic mass is 10.2. The van der Waals surface area contributed by atoms with Crippen molar-refractivity contribution in [1.82, 2.24) is 15.2 Å². The number of hydrogen-bond acceptors (Lipinski definition) is 4. The third kappa shape index (κ3) is 4.74. The molecule has 0 saturated heterocycles. The lowest BCUT2D eigenvalue weighted by molar-refractivity contribution is 0.319. The van der Waals surface area contributed by atoms with Crippen LogP contribution in [-0.2, 0) is 6.54 Å². The number of likely N-dealkylation sites (N-methyl/N-ethyl adjacent to an activating group) is 1. The van der Waals surface area contributed by atoms with Gasteiger partial charge in [0, 0.05) is 42.9 Å². The van der Waals surface area contributed by atoms with E-state index in [1.807, 2.05) is 29.8 Å². The van der Waals surface area contributed by atoms with Gasteiger partial charge in [-0.05, 0) is 37.0 Å². The molecule has 0 fully saturated rings. The molecule has 0 radical (unpaired) electrons. The Balaban J connectivity index is 1.68. The summed E-state index contributed by atoms with van der Waals surface area (Å²) in [7, 11) is 2.14. The van der Waals surface area contributed by atoms with Crippen molar-refractivity contribution in [2.24, 2.45) is 0 Å². The summed E-state index contributed by atoms with van der Waals surface area (Å²) in [6.07, 6.45) is 3.74. The second-order valence-corrected chi connectivity index (χ2v) is 5.77. The van der Waals surface area contributed by atoms with Crippen LogP contribution in [0.5, 0.6) is 0 Å². The molecule has 2 heterocycles.